The molecule has 2 amide bonds. The molecule has 0 bridgehead atoms. The minimum atomic E-state index is -0.345. The summed E-state index contributed by atoms with van der Waals surface area (Å²) in [5.74, 6) is 0.600. The lowest BCUT2D eigenvalue weighted by Gasteiger charge is -2.13. The molecule has 0 saturated heterocycles. The highest BCUT2D eigenvalue weighted by Gasteiger charge is 2.09. The number of nitrogens with zero attached hydrogens (tertiary/aromatic N) is 2. The Kier molecular flexibility index (Phi) is 6.65. The van der Waals surface area contributed by atoms with Gasteiger partial charge in [-0.05, 0) is 67.6 Å². The average Bonchev–Trinajstić information content (AvgIpc) is 2.79. The summed E-state index contributed by atoms with van der Waals surface area (Å²) in [7, 11) is 0. The van der Waals surface area contributed by atoms with Gasteiger partial charge in [-0.25, -0.2) is 9.78 Å². The van der Waals surface area contributed by atoms with Crippen LogP contribution in [0.1, 0.15) is 16.8 Å². The molecule has 0 atom stereocenters. The Bertz CT molecular complexity index is 1380. The zero-order valence-electron chi connectivity index (χ0n) is 18.6. The van der Waals surface area contributed by atoms with Crippen molar-refractivity contribution in [1.29, 1.82) is 0 Å². The maximum atomic E-state index is 12.4. The zero-order valence-corrected chi connectivity index (χ0v) is 19.4. The average molecular weight is 461 g/mol. The number of urea groups is 1. The Morgan fingerprint density at radius 3 is 2.61 bits per heavy atom. The molecule has 0 unspecified atom stereocenters. The molecule has 2 aromatic carbocycles. The van der Waals surface area contributed by atoms with Gasteiger partial charge in [-0.3, -0.25) is 9.20 Å². The normalized spacial score (nSPS) is 10.8. The Labute approximate surface area is 195 Å². The van der Waals surface area contributed by atoms with Crippen LogP contribution in [0.5, 0.6) is 5.75 Å². The third kappa shape index (κ3) is 5.53. The van der Waals surface area contributed by atoms with Gasteiger partial charge < -0.3 is 15.4 Å². The van der Waals surface area contributed by atoms with Gasteiger partial charge in [-0.2, -0.15) is 0 Å². The summed E-state index contributed by atoms with van der Waals surface area (Å²) in [5, 5.41) is 5.66. The topological polar surface area (TPSA) is 84.7 Å². The molecule has 0 aliphatic heterocycles. The minimum absolute atomic E-state index is 0.137. The van der Waals surface area contributed by atoms with E-state index in [1.165, 1.54) is 10.5 Å². The number of carbonyl (C=O) groups excluding carboxylic acids is 1. The first-order chi connectivity index (χ1) is 15.9. The molecule has 0 fully saturated rings. The lowest BCUT2D eigenvalue weighted by Crippen LogP contribution is -2.19. The van der Waals surface area contributed by atoms with Crippen LogP contribution in [0.3, 0.4) is 0 Å². The molecule has 0 aliphatic carbocycles. The molecule has 7 nitrogen and oxygen atoms in total. The van der Waals surface area contributed by atoms with E-state index < -0.39 is 0 Å². The number of anilines is 2. The van der Waals surface area contributed by atoms with E-state index in [9.17, 15) is 9.59 Å². The first-order valence-corrected chi connectivity index (χ1v) is 11.6. The number of ether oxygens (including phenoxy) is 1. The first-order valence-electron chi connectivity index (χ1n) is 10.4. The van der Waals surface area contributed by atoms with Gasteiger partial charge in [-0.1, -0.05) is 12.1 Å². The predicted molar refractivity (Wildman–Crippen MR) is 133 cm³/mol. The van der Waals surface area contributed by atoms with Crippen LogP contribution in [-0.2, 0) is 6.61 Å². The van der Waals surface area contributed by atoms with E-state index in [-0.39, 0.29) is 18.2 Å². The number of aryl methyl sites for hydroxylation is 2. The highest BCUT2D eigenvalue weighted by atomic mass is 32.2. The lowest BCUT2D eigenvalue weighted by atomic mass is 10.2. The van der Waals surface area contributed by atoms with E-state index in [1.807, 2.05) is 68.6 Å². The van der Waals surface area contributed by atoms with E-state index in [0.29, 0.717) is 28.5 Å². The van der Waals surface area contributed by atoms with Crippen molar-refractivity contribution in [3.05, 3.63) is 94.0 Å². The minimum Gasteiger partial charge on any atom is -0.487 e. The van der Waals surface area contributed by atoms with Crippen LogP contribution >= 0.6 is 11.8 Å². The number of carbonyl (C=O) groups is 1. The fraction of sp³-hybridized carbons (Fsp3) is 0.160. The molecule has 0 aliphatic rings. The van der Waals surface area contributed by atoms with Crippen LogP contribution in [0.4, 0.5) is 16.2 Å². The highest BCUT2D eigenvalue weighted by molar-refractivity contribution is 7.98. The summed E-state index contributed by atoms with van der Waals surface area (Å²) < 4.78 is 7.44. The molecule has 2 N–H and O–H groups in total. The summed E-state index contributed by atoms with van der Waals surface area (Å²) in [4.78, 5) is 30.4. The van der Waals surface area contributed by atoms with E-state index in [2.05, 4.69) is 15.6 Å². The fourth-order valence-electron chi connectivity index (χ4n) is 3.31. The summed E-state index contributed by atoms with van der Waals surface area (Å²) in [6.07, 6.45) is 3.70. The van der Waals surface area contributed by atoms with Gasteiger partial charge in [0.15, 0.2) is 0 Å². The molecule has 4 aromatic rings. The summed E-state index contributed by atoms with van der Waals surface area (Å²) in [6.45, 7) is 4.00. The van der Waals surface area contributed by atoms with Crippen molar-refractivity contribution in [3.63, 3.8) is 0 Å². The summed E-state index contributed by atoms with van der Waals surface area (Å²) in [6, 6.07) is 17.9. The molecular formula is C25H24N4O3S. The highest BCUT2D eigenvalue weighted by Crippen LogP contribution is 2.24. The van der Waals surface area contributed by atoms with E-state index in [4.69, 9.17) is 4.74 Å². The summed E-state index contributed by atoms with van der Waals surface area (Å²) >= 11 is 1.61. The number of hydrogen-bond donors (Lipinski definition) is 2. The van der Waals surface area contributed by atoms with Crippen LogP contribution in [0.15, 0.2) is 76.6 Å². The number of pyridine rings is 1. The van der Waals surface area contributed by atoms with Crippen molar-refractivity contribution in [2.75, 3.05) is 16.9 Å². The van der Waals surface area contributed by atoms with Gasteiger partial charge >= 0.3 is 6.03 Å². The van der Waals surface area contributed by atoms with Gasteiger partial charge in [0.1, 0.15) is 18.0 Å². The van der Waals surface area contributed by atoms with Crippen molar-refractivity contribution in [2.45, 2.75) is 25.3 Å². The second-order valence-corrected chi connectivity index (χ2v) is 8.48. The number of nitrogens with one attached hydrogen (secondary N) is 2. The lowest BCUT2D eigenvalue weighted by molar-refractivity contribution is 0.262. The van der Waals surface area contributed by atoms with Crippen LogP contribution in [0.2, 0.25) is 0 Å². The van der Waals surface area contributed by atoms with Gasteiger partial charge in [0.2, 0.25) is 0 Å². The van der Waals surface area contributed by atoms with Crippen molar-refractivity contribution in [2.24, 2.45) is 0 Å². The maximum absolute atomic E-state index is 12.4. The van der Waals surface area contributed by atoms with E-state index >= 15 is 0 Å². The molecule has 0 saturated carbocycles. The van der Waals surface area contributed by atoms with Gasteiger partial charge in [0, 0.05) is 34.6 Å². The molecule has 2 aromatic heterocycles. The van der Waals surface area contributed by atoms with E-state index in [0.717, 1.165) is 16.0 Å². The molecular weight excluding hydrogens is 436 g/mol. The zero-order chi connectivity index (χ0) is 23.4. The maximum Gasteiger partial charge on any atom is 0.323 e. The number of aromatic nitrogens is 2. The predicted octanol–water partition coefficient (Wildman–Crippen LogP) is 5.26. The Balaban J connectivity index is 1.45. The monoisotopic (exact) mass is 460 g/mol. The Morgan fingerprint density at radius 2 is 1.82 bits per heavy atom. The molecule has 0 radical (unpaired) electrons. The van der Waals surface area contributed by atoms with Crippen molar-refractivity contribution in [3.8, 4) is 5.75 Å². The second-order valence-electron chi connectivity index (χ2n) is 7.60. The third-order valence-electron chi connectivity index (χ3n) is 5.02. The number of rotatable bonds is 6. The van der Waals surface area contributed by atoms with Crippen LogP contribution < -0.4 is 20.9 Å². The van der Waals surface area contributed by atoms with Crippen molar-refractivity contribution >= 4 is 34.8 Å². The quantitative estimate of drug-likeness (QED) is 0.384. The standard InChI is InChI=1S/C25H24N4O3S/c1-16-9-10-29-23(11-16)26-20(14-24(29)30)15-32-22-13-19(8-7-17(22)2)28-25(31)27-18-5-4-6-21(12-18)33-3/h4-14H,15H2,1-3H3,(H2,27,28,31). The third-order valence-corrected chi connectivity index (χ3v) is 5.75. The molecule has 168 valence electrons. The Morgan fingerprint density at radius 1 is 1.03 bits per heavy atom. The smallest absolute Gasteiger partial charge is 0.323 e. The van der Waals surface area contributed by atoms with Crippen LogP contribution in [0, 0.1) is 13.8 Å². The largest absolute Gasteiger partial charge is 0.487 e. The Hall–Kier alpha value is -3.78. The first kappa shape index (κ1) is 22.4. The van der Waals surface area contributed by atoms with Gasteiger partial charge in [0.05, 0.1) is 5.69 Å². The van der Waals surface area contributed by atoms with Crippen LogP contribution in [0.25, 0.3) is 5.65 Å². The SMILES string of the molecule is CSc1cccc(NC(=O)Nc2ccc(C)c(OCc3cc(=O)n4ccc(C)cc4n3)c2)c1. The van der Waals surface area contributed by atoms with Crippen LogP contribution in [-0.4, -0.2) is 21.7 Å². The van der Waals surface area contributed by atoms with E-state index in [1.54, 1.807) is 24.0 Å². The number of thioether (sulfide) groups is 1. The molecule has 0 spiro atoms. The second kappa shape index (κ2) is 9.79. The van der Waals surface area contributed by atoms with Gasteiger partial charge in [-0.15, -0.1) is 11.8 Å². The number of fused-ring (bicyclic) bond motifs is 1. The molecule has 8 heteroatoms. The number of benzene rings is 2. The molecule has 33 heavy (non-hydrogen) atoms. The number of hydrogen-bond acceptors (Lipinski definition) is 5. The number of amides is 2. The van der Waals surface area contributed by atoms with Gasteiger partial charge in [0.25, 0.3) is 5.56 Å². The van der Waals surface area contributed by atoms with Crippen molar-refractivity contribution < 1.29 is 9.53 Å². The van der Waals surface area contributed by atoms with Crippen molar-refractivity contribution in [1.82, 2.24) is 9.38 Å². The summed E-state index contributed by atoms with van der Waals surface area (Å²) in [5.41, 5.74) is 4.19. The molecule has 2 heterocycles. The fourth-order valence-corrected chi connectivity index (χ4v) is 3.77. The molecule has 4 rings (SSSR count).